The van der Waals surface area contributed by atoms with Crippen LogP contribution in [0, 0.1) is 0 Å². The number of carbonyl (C=O) groups is 7. The van der Waals surface area contributed by atoms with Gasteiger partial charge >= 0.3 is 6.03 Å². The molecule has 0 aliphatic carbocycles. The number of rotatable bonds is 10. The van der Waals surface area contributed by atoms with Crippen LogP contribution in [0.5, 0.6) is 0 Å². The monoisotopic (exact) mass is 668 g/mol. The van der Waals surface area contributed by atoms with Crippen molar-refractivity contribution < 1.29 is 38.7 Å². The number of hydrogen-bond acceptors (Lipinski definition) is 14. The lowest BCUT2D eigenvalue weighted by molar-refractivity contribution is -0.134. The second kappa shape index (κ2) is 18.8. The molecule has 2 heterocycles. The first kappa shape index (κ1) is 38.1. The fourth-order valence-electron chi connectivity index (χ4n) is 4.35. The maximum absolute atomic E-state index is 13.5. The molecule has 19 N–H and O–H groups in total. The third-order valence-electron chi connectivity index (χ3n) is 6.90. The van der Waals surface area contributed by atoms with Crippen LogP contribution in [0.4, 0.5) is 4.79 Å². The van der Waals surface area contributed by atoms with Crippen LogP contribution in [0.15, 0.2) is 16.9 Å². The number of aliphatic hydroxyl groups excluding tert-OH is 1. The number of nitrogens with zero attached hydrogens (tertiary/aromatic N) is 1. The van der Waals surface area contributed by atoms with E-state index in [-0.39, 0.29) is 25.3 Å². The van der Waals surface area contributed by atoms with E-state index in [0.717, 1.165) is 6.20 Å². The first-order valence-electron chi connectivity index (χ1n) is 14.7. The van der Waals surface area contributed by atoms with Crippen molar-refractivity contribution in [3.63, 3.8) is 0 Å². The third-order valence-corrected chi connectivity index (χ3v) is 6.90. The van der Waals surface area contributed by atoms with E-state index in [4.69, 9.17) is 28.7 Å². The Hall–Kier alpha value is -5.06. The van der Waals surface area contributed by atoms with Gasteiger partial charge in [-0.3, -0.25) is 33.8 Å². The van der Waals surface area contributed by atoms with Crippen LogP contribution < -0.4 is 71.2 Å². The summed E-state index contributed by atoms with van der Waals surface area (Å²) in [5.41, 5.74) is 27.6. The Morgan fingerprint density at radius 2 is 1.72 bits per heavy atom. The molecule has 0 radical (unpaired) electrons. The lowest BCUT2D eigenvalue weighted by Gasteiger charge is -2.31. The van der Waals surface area contributed by atoms with Gasteiger partial charge in [0.15, 0.2) is 5.96 Å². The van der Waals surface area contributed by atoms with E-state index in [1.807, 2.05) is 5.32 Å². The van der Waals surface area contributed by atoms with Gasteiger partial charge in [-0.15, -0.1) is 0 Å². The highest BCUT2D eigenvalue weighted by Gasteiger charge is 2.35. The fraction of sp³-hybridized carbons (Fsp3) is 0.600. The quantitative estimate of drug-likeness (QED) is 0.0963. The molecule has 8 amide bonds. The minimum absolute atomic E-state index is 0.0120. The summed E-state index contributed by atoms with van der Waals surface area (Å²) in [5.74, 6) is -5.62. The summed E-state index contributed by atoms with van der Waals surface area (Å²) in [6.45, 7) is -1.36. The minimum atomic E-state index is -1.63. The molecule has 22 heteroatoms. The molecule has 0 aromatic rings. The van der Waals surface area contributed by atoms with E-state index in [0.29, 0.717) is 19.4 Å². The van der Waals surface area contributed by atoms with Gasteiger partial charge in [-0.1, -0.05) is 0 Å². The molecule has 0 aromatic carbocycles. The molecule has 262 valence electrons. The van der Waals surface area contributed by atoms with E-state index >= 15 is 0 Å². The zero-order chi connectivity index (χ0) is 35.1. The molecule has 3 unspecified atom stereocenters. The zero-order valence-corrected chi connectivity index (χ0v) is 25.5. The van der Waals surface area contributed by atoms with Crippen LogP contribution in [-0.2, 0) is 28.8 Å². The SMILES string of the molecule is NCCCC(N)CC(=O)NC[C@@H]1NC(=O)[C@H](CO)NC(=O)[C@H](N)CNC(=O)C(C2CCN=C(N)N2)NC(=O)/C(=C/NC(N)=O)NC1=O. The highest BCUT2D eigenvalue weighted by Crippen LogP contribution is 2.07. The van der Waals surface area contributed by atoms with E-state index < -0.39 is 103 Å². The van der Waals surface area contributed by atoms with Crippen molar-refractivity contribution in [2.75, 3.05) is 32.8 Å². The summed E-state index contributed by atoms with van der Waals surface area (Å²) >= 11 is 0. The molecule has 6 atom stereocenters. The first-order valence-corrected chi connectivity index (χ1v) is 14.7. The molecule has 22 nitrogen and oxygen atoms in total. The Balaban J connectivity index is 2.45. The predicted octanol–water partition coefficient (Wildman–Crippen LogP) is -8.23. The highest BCUT2D eigenvalue weighted by molar-refractivity contribution is 6.02. The molecule has 2 aliphatic rings. The number of nitrogens with two attached hydrogens (primary N) is 5. The Morgan fingerprint density at radius 1 is 1.02 bits per heavy atom. The maximum atomic E-state index is 13.5. The van der Waals surface area contributed by atoms with Crippen LogP contribution in [0.25, 0.3) is 0 Å². The molecule has 0 bridgehead atoms. The van der Waals surface area contributed by atoms with Crippen molar-refractivity contribution in [2.24, 2.45) is 33.7 Å². The van der Waals surface area contributed by atoms with Gasteiger partial charge in [0.2, 0.25) is 29.5 Å². The number of hydrogen-bond donors (Lipinski definition) is 14. The van der Waals surface area contributed by atoms with Gasteiger partial charge in [0.1, 0.15) is 29.9 Å². The van der Waals surface area contributed by atoms with Crippen molar-refractivity contribution in [3.8, 4) is 0 Å². The molecular weight excluding hydrogens is 624 g/mol. The molecule has 0 aromatic heterocycles. The molecule has 2 aliphatic heterocycles. The number of carbonyl (C=O) groups excluding carboxylic acids is 7. The van der Waals surface area contributed by atoms with Gasteiger partial charge in [-0.2, -0.15) is 0 Å². The summed E-state index contributed by atoms with van der Waals surface area (Å²) in [4.78, 5) is 93.9. The van der Waals surface area contributed by atoms with Crippen molar-refractivity contribution >= 4 is 47.4 Å². The van der Waals surface area contributed by atoms with Gasteiger partial charge in [0.25, 0.3) is 5.91 Å². The smallest absolute Gasteiger partial charge is 0.316 e. The summed E-state index contributed by atoms with van der Waals surface area (Å²) in [5, 5.41) is 28.7. The van der Waals surface area contributed by atoms with E-state index in [9.17, 15) is 38.7 Å². The molecular formula is C25H44N14O8. The van der Waals surface area contributed by atoms with Crippen molar-refractivity contribution in [2.45, 2.75) is 61.9 Å². The number of guanidine groups is 1. The van der Waals surface area contributed by atoms with Crippen LogP contribution in [0.3, 0.4) is 0 Å². The normalized spacial score (nSPS) is 26.3. The number of aliphatic imine (C=N–C) groups is 1. The number of amides is 8. The van der Waals surface area contributed by atoms with Gasteiger partial charge in [-0.25, -0.2) is 4.79 Å². The molecule has 1 fully saturated rings. The Bertz CT molecular complexity index is 1240. The van der Waals surface area contributed by atoms with Crippen molar-refractivity contribution in [1.82, 2.24) is 42.5 Å². The summed E-state index contributed by atoms with van der Waals surface area (Å²) in [6.07, 6.45) is 1.86. The standard InChI is InChI=1S/C25H44N14O8/c26-4-1-2-11(27)6-17(41)32-8-14-20(43)35-15(9-34-25(30)47)21(44)39-18(13-3-5-31-24(29)38-13)23(46)33-7-12(28)19(42)37-16(10-40)22(45)36-14/h9,11-14,16,18,40H,1-8,10,26-28H2,(H,32,41)(H,33,46)(H,35,43)(H,36,45)(H,37,42)(H,39,44)(H3,29,31,38)(H3,30,34,47)/b15-9-/t11?,12-,13?,14+,16+,18?/m1/s1. The maximum Gasteiger partial charge on any atom is 0.316 e. The summed E-state index contributed by atoms with van der Waals surface area (Å²) in [7, 11) is 0. The van der Waals surface area contributed by atoms with Crippen LogP contribution in [0.1, 0.15) is 25.7 Å². The average Bonchev–Trinajstić information content (AvgIpc) is 3.02. The van der Waals surface area contributed by atoms with Gasteiger partial charge < -0.3 is 76.3 Å². The second-order valence-corrected chi connectivity index (χ2v) is 10.7. The Kier molecular flexibility index (Phi) is 15.2. The van der Waals surface area contributed by atoms with E-state index in [1.165, 1.54) is 0 Å². The molecule has 2 rings (SSSR count). The molecule has 1 saturated heterocycles. The Morgan fingerprint density at radius 3 is 2.36 bits per heavy atom. The molecule has 0 saturated carbocycles. The summed E-state index contributed by atoms with van der Waals surface area (Å²) < 4.78 is 0. The van der Waals surface area contributed by atoms with Crippen molar-refractivity contribution in [1.29, 1.82) is 0 Å². The number of primary amides is 1. The first-order chi connectivity index (χ1) is 22.2. The number of aliphatic hydroxyl groups is 1. The predicted molar refractivity (Wildman–Crippen MR) is 165 cm³/mol. The number of nitrogens with one attached hydrogen (secondary N) is 8. The average molecular weight is 669 g/mol. The van der Waals surface area contributed by atoms with Gasteiger partial charge in [0, 0.05) is 38.3 Å². The van der Waals surface area contributed by atoms with Crippen LogP contribution in [0.2, 0.25) is 0 Å². The van der Waals surface area contributed by atoms with Crippen LogP contribution in [-0.4, -0.2) is 122 Å². The topological polar surface area (TPSA) is 378 Å². The lowest BCUT2D eigenvalue weighted by atomic mass is 10.0. The third kappa shape index (κ3) is 12.7. The van der Waals surface area contributed by atoms with E-state index in [1.54, 1.807) is 0 Å². The molecule has 0 spiro atoms. The lowest BCUT2D eigenvalue weighted by Crippen LogP contribution is -2.64. The number of urea groups is 1. The largest absolute Gasteiger partial charge is 0.394 e. The van der Waals surface area contributed by atoms with Gasteiger partial charge in [-0.05, 0) is 25.8 Å². The van der Waals surface area contributed by atoms with Crippen molar-refractivity contribution in [3.05, 3.63) is 11.9 Å². The van der Waals surface area contributed by atoms with E-state index in [2.05, 4.69) is 42.2 Å². The summed E-state index contributed by atoms with van der Waals surface area (Å²) in [6, 6.07) is -8.54. The fourth-order valence-corrected chi connectivity index (χ4v) is 4.35. The zero-order valence-electron chi connectivity index (χ0n) is 25.5. The highest BCUT2D eigenvalue weighted by atomic mass is 16.3. The van der Waals surface area contributed by atoms with Gasteiger partial charge in [0.05, 0.1) is 12.6 Å². The Labute approximate surface area is 269 Å². The minimum Gasteiger partial charge on any atom is -0.394 e. The van der Waals surface area contributed by atoms with Crippen LogP contribution >= 0.6 is 0 Å². The second-order valence-electron chi connectivity index (χ2n) is 10.7. The molecule has 47 heavy (non-hydrogen) atoms.